The van der Waals surface area contributed by atoms with E-state index in [-0.39, 0.29) is 0 Å². The minimum atomic E-state index is -0.562. The van der Waals surface area contributed by atoms with Gasteiger partial charge in [0.25, 0.3) is 0 Å². The van der Waals surface area contributed by atoms with Gasteiger partial charge in [-0.05, 0) is 35.4 Å². The first kappa shape index (κ1) is 15.4. The Labute approximate surface area is 130 Å². The molecule has 0 saturated heterocycles. The number of rotatable bonds is 5. The van der Waals surface area contributed by atoms with Crippen LogP contribution in [0.4, 0.5) is 0 Å². The van der Waals surface area contributed by atoms with Gasteiger partial charge < -0.3 is 9.47 Å². The van der Waals surface area contributed by atoms with Gasteiger partial charge in [-0.3, -0.25) is 0 Å². The Balaban J connectivity index is 2.38. The number of benzene rings is 2. The van der Waals surface area contributed by atoms with Crippen LogP contribution >= 0.6 is 0 Å². The zero-order chi connectivity index (χ0) is 15.9. The highest BCUT2D eigenvalue weighted by atomic mass is 16.5. The fourth-order valence-electron chi connectivity index (χ4n) is 2.33. The van der Waals surface area contributed by atoms with Crippen LogP contribution < -0.4 is 9.47 Å². The van der Waals surface area contributed by atoms with E-state index in [0.29, 0.717) is 5.75 Å². The summed E-state index contributed by atoms with van der Waals surface area (Å²) in [6, 6.07) is 19.0. The van der Waals surface area contributed by atoms with Crippen molar-refractivity contribution in [2.45, 2.75) is 11.8 Å². The maximum atomic E-state index is 9.54. The number of methoxy groups -OCH3 is 2. The topological polar surface area (TPSA) is 66.0 Å². The van der Waals surface area contributed by atoms with E-state index in [9.17, 15) is 10.5 Å². The quantitative estimate of drug-likeness (QED) is 0.844. The lowest BCUT2D eigenvalue weighted by Crippen LogP contribution is -2.08. The maximum absolute atomic E-state index is 9.54. The lowest BCUT2D eigenvalue weighted by molar-refractivity contribution is 0.414. The monoisotopic (exact) mass is 292 g/mol. The summed E-state index contributed by atoms with van der Waals surface area (Å²) in [6.07, 6.45) is 0. The van der Waals surface area contributed by atoms with Crippen molar-refractivity contribution in [2.24, 2.45) is 0 Å². The van der Waals surface area contributed by atoms with Gasteiger partial charge in [-0.2, -0.15) is 10.5 Å². The normalized spacial score (nSPS) is 12.5. The molecule has 4 nitrogen and oxygen atoms in total. The molecule has 2 atom stereocenters. The molecule has 0 unspecified atom stereocenters. The number of hydrogen-bond acceptors (Lipinski definition) is 4. The molecule has 0 aliphatic rings. The number of nitriles is 2. The molecule has 22 heavy (non-hydrogen) atoms. The Morgan fingerprint density at radius 3 is 1.91 bits per heavy atom. The Bertz CT molecular complexity index is 711. The van der Waals surface area contributed by atoms with Crippen LogP contribution in [0.5, 0.6) is 11.5 Å². The van der Waals surface area contributed by atoms with Crippen molar-refractivity contribution in [3.63, 3.8) is 0 Å². The molecule has 0 amide bonds. The molecular weight excluding hydrogens is 276 g/mol. The van der Waals surface area contributed by atoms with Crippen LogP contribution in [-0.2, 0) is 0 Å². The molecule has 0 saturated carbocycles. The van der Waals surface area contributed by atoms with Gasteiger partial charge in [0.15, 0.2) is 0 Å². The zero-order valence-corrected chi connectivity index (χ0v) is 12.5. The highest BCUT2D eigenvalue weighted by Crippen LogP contribution is 2.34. The third-order valence-corrected chi connectivity index (χ3v) is 3.54. The van der Waals surface area contributed by atoms with Crippen LogP contribution in [0.1, 0.15) is 23.0 Å². The summed E-state index contributed by atoms with van der Waals surface area (Å²) < 4.78 is 10.3. The molecule has 0 N–H and O–H groups in total. The van der Waals surface area contributed by atoms with Crippen LogP contribution in [0, 0.1) is 22.7 Å². The summed E-state index contributed by atoms with van der Waals surface area (Å²) in [6.45, 7) is 0. The van der Waals surface area contributed by atoms with Crippen molar-refractivity contribution in [1.82, 2.24) is 0 Å². The van der Waals surface area contributed by atoms with Gasteiger partial charge in [-0.25, -0.2) is 0 Å². The number of ether oxygens (including phenoxy) is 2. The Hall–Kier alpha value is -2.98. The van der Waals surface area contributed by atoms with Gasteiger partial charge >= 0.3 is 0 Å². The lowest BCUT2D eigenvalue weighted by atomic mass is 9.83. The summed E-state index contributed by atoms with van der Waals surface area (Å²) in [5, 5.41) is 19.1. The fraction of sp³-hybridized carbons (Fsp3) is 0.222. The van der Waals surface area contributed by atoms with E-state index in [1.807, 2.05) is 30.3 Å². The summed E-state index contributed by atoms with van der Waals surface area (Å²) in [5.74, 6) is 0.274. The van der Waals surface area contributed by atoms with Crippen molar-refractivity contribution >= 4 is 0 Å². The van der Waals surface area contributed by atoms with E-state index in [1.165, 1.54) is 0 Å². The van der Waals surface area contributed by atoms with E-state index < -0.39 is 11.8 Å². The van der Waals surface area contributed by atoms with Crippen molar-refractivity contribution in [2.75, 3.05) is 14.2 Å². The molecule has 2 aromatic rings. The van der Waals surface area contributed by atoms with Gasteiger partial charge in [0.1, 0.15) is 11.5 Å². The minimum Gasteiger partial charge on any atom is -0.497 e. The van der Waals surface area contributed by atoms with Crippen LogP contribution in [0.25, 0.3) is 0 Å². The second-order valence-electron chi connectivity index (χ2n) is 4.76. The Morgan fingerprint density at radius 1 is 0.773 bits per heavy atom. The number of hydrogen-bond donors (Lipinski definition) is 0. The van der Waals surface area contributed by atoms with Gasteiger partial charge in [-0.1, -0.05) is 24.3 Å². The fourth-order valence-corrected chi connectivity index (χ4v) is 2.33. The minimum absolute atomic E-state index is 0.553. The van der Waals surface area contributed by atoms with Crippen LogP contribution in [0.2, 0.25) is 0 Å². The van der Waals surface area contributed by atoms with Gasteiger partial charge in [0, 0.05) is 0 Å². The average molecular weight is 292 g/mol. The molecule has 110 valence electrons. The van der Waals surface area contributed by atoms with Crippen LogP contribution in [0.15, 0.2) is 48.5 Å². The van der Waals surface area contributed by atoms with Gasteiger partial charge in [-0.15, -0.1) is 0 Å². The van der Waals surface area contributed by atoms with E-state index in [4.69, 9.17) is 9.47 Å². The second kappa shape index (κ2) is 7.15. The smallest absolute Gasteiger partial charge is 0.119 e. The van der Waals surface area contributed by atoms with Crippen LogP contribution in [0.3, 0.4) is 0 Å². The Morgan fingerprint density at radius 2 is 1.36 bits per heavy atom. The molecular formula is C18H16N2O2. The summed E-state index contributed by atoms with van der Waals surface area (Å²) in [4.78, 5) is 0. The third-order valence-electron chi connectivity index (χ3n) is 3.54. The molecule has 2 rings (SSSR count). The standard InChI is InChI=1S/C18H16N2O2/c1-21-15-8-6-13(7-9-15)17(11-19)18(12-20)14-4-3-5-16(10-14)22-2/h3-10,17-18H,1-2H3/t17-,18+/m1/s1. The SMILES string of the molecule is COc1ccc([C@@H](C#N)[C@@H](C#N)c2cccc(OC)c2)cc1. The van der Waals surface area contributed by atoms with Gasteiger partial charge in [0.05, 0.1) is 38.2 Å². The highest BCUT2D eigenvalue weighted by Gasteiger charge is 2.25. The molecule has 0 aromatic heterocycles. The van der Waals surface area contributed by atoms with Crippen molar-refractivity contribution in [3.05, 3.63) is 59.7 Å². The lowest BCUT2D eigenvalue weighted by Gasteiger charge is -2.17. The first-order chi connectivity index (χ1) is 10.7. The summed E-state index contributed by atoms with van der Waals surface area (Å²) in [5.41, 5.74) is 1.56. The zero-order valence-electron chi connectivity index (χ0n) is 12.5. The molecule has 4 heteroatoms. The Kier molecular flexibility index (Phi) is 5.01. The second-order valence-corrected chi connectivity index (χ2v) is 4.76. The van der Waals surface area contributed by atoms with E-state index >= 15 is 0 Å². The first-order valence-electron chi connectivity index (χ1n) is 6.80. The molecule has 0 aliphatic heterocycles. The molecule has 0 aliphatic carbocycles. The van der Waals surface area contributed by atoms with E-state index in [1.54, 1.807) is 32.4 Å². The van der Waals surface area contributed by atoms with Crippen molar-refractivity contribution in [3.8, 4) is 23.6 Å². The average Bonchev–Trinajstić information content (AvgIpc) is 2.59. The largest absolute Gasteiger partial charge is 0.497 e. The van der Waals surface area contributed by atoms with Crippen LogP contribution in [-0.4, -0.2) is 14.2 Å². The molecule has 0 heterocycles. The third kappa shape index (κ3) is 3.19. The maximum Gasteiger partial charge on any atom is 0.119 e. The molecule has 2 aromatic carbocycles. The number of nitrogens with zero attached hydrogens (tertiary/aromatic N) is 2. The van der Waals surface area contributed by atoms with E-state index in [2.05, 4.69) is 12.1 Å². The van der Waals surface area contributed by atoms with Crippen molar-refractivity contribution < 1.29 is 9.47 Å². The molecule has 0 spiro atoms. The summed E-state index contributed by atoms with van der Waals surface area (Å²) in [7, 11) is 3.16. The highest BCUT2D eigenvalue weighted by molar-refractivity contribution is 5.41. The predicted molar refractivity (Wildman–Crippen MR) is 82.7 cm³/mol. The first-order valence-corrected chi connectivity index (χ1v) is 6.80. The summed E-state index contributed by atoms with van der Waals surface area (Å²) >= 11 is 0. The molecule has 0 fully saturated rings. The molecule has 0 bridgehead atoms. The van der Waals surface area contributed by atoms with E-state index in [0.717, 1.165) is 16.9 Å². The van der Waals surface area contributed by atoms with Gasteiger partial charge in [0.2, 0.25) is 0 Å². The predicted octanol–water partition coefficient (Wildman–Crippen LogP) is 3.62. The molecule has 0 radical (unpaired) electrons. The van der Waals surface area contributed by atoms with Crippen molar-refractivity contribution in [1.29, 1.82) is 10.5 Å².